The van der Waals surface area contributed by atoms with Crippen LogP contribution in [0.5, 0.6) is 0 Å². The second-order valence-electron chi connectivity index (χ2n) is 5.56. The van der Waals surface area contributed by atoms with Crippen molar-refractivity contribution >= 4 is 17.1 Å². The molecule has 0 aromatic heterocycles. The minimum atomic E-state index is -1.93. The first-order valence-electron chi connectivity index (χ1n) is 8.51. The summed E-state index contributed by atoms with van der Waals surface area (Å²) in [5.74, 6) is 0. The summed E-state index contributed by atoms with van der Waals surface area (Å²) in [5, 5.41) is 0. The Balaban J connectivity index is 4.01. The number of rotatable bonds is 14. The summed E-state index contributed by atoms with van der Waals surface area (Å²) in [6, 6.07) is 2.16. The summed E-state index contributed by atoms with van der Waals surface area (Å²) < 4.78 is 23.5. The van der Waals surface area contributed by atoms with Crippen LogP contribution in [-0.2, 0) is 17.7 Å². The van der Waals surface area contributed by atoms with Gasteiger partial charge in [-0.3, -0.25) is 0 Å². The fourth-order valence-electron chi connectivity index (χ4n) is 2.66. The molecule has 0 aromatic carbocycles. The van der Waals surface area contributed by atoms with Crippen molar-refractivity contribution in [3.8, 4) is 0 Å². The van der Waals surface area contributed by atoms with Crippen LogP contribution in [-0.4, -0.2) is 43.5 Å². The Morgan fingerprint density at radius 1 is 0.524 bits per heavy atom. The molecule has 0 N–H and O–H groups in total. The molecule has 128 valence electrons. The van der Waals surface area contributed by atoms with Gasteiger partial charge in [0.2, 0.25) is 0 Å². The van der Waals surface area contributed by atoms with Crippen molar-refractivity contribution in [2.45, 2.75) is 72.1 Å². The normalized spacial score (nSPS) is 12.9. The lowest BCUT2D eigenvalue weighted by Crippen LogP contribution is -2.39. The van der Waals surface area contributed by atoms with Crippen LogP contribution in [0.2, 0.25) is 25.2 Å². The highest BCUT2D eigenvalue weighted by molar-refractivity contribution is 6.66. The van der Waals surface area contributed by atoms with Crippen molar-refractivity contribution in [3.63, 3.8) is 0 Å². The van der Waals surface area contributed by atoms with Crippen LogP contribution in [0.25, 0.3) is 0 Å². The second kappa shape index (κ2) is 11.8. The van der Waals surface area contributed by atoms with Gasteiger partial charge in [0.1, 0.15) is 0 Å². The Morgan fingerprint density at radius 3 is 1.05 bits per heavy atom. The van der Waals surface area contributed by atoms with E-state index < -0.39 is 17.1 Å². The second-order valence-corrected chi connectivity index (χ2v) is 12.3. The molecular weight excluding hydrogens is 300 g/mol. The molecule has 0 aliphatic rings. The minimum absolute atomic E-state index is 0.752. The zero-order valence-corrected chi connectivity index (χ0v) is 17.0. The molecule has 0 unspecified atom stereocenters. The molecule has 0 atom stereocenters. The van der Waals surface area contributed by atoms with Gasteiger partial charge in [-0.15, -0.1) is 0 Å². The molecule has 0 bridgehead atoms. The highest BCUT2D eigenvalue weighted by atomic mass is 28.4. The van der Waals surface area contributed by atoms with E-state index in [0.717, 1.165) is 38.5 Å². The molecule has 0 amide bonds. The van der Waals surface area contributed by atoms with Crippen molar-refractivity contribution in [3.05, 3.63) is 0 Å². The Hall–Kier alpha value is 0.274. The Kier molecular flexibility index (Phi) is 11.9. The van der Waals surface area contributed by atoms with Gasteiger partial charge in [-0.2, -0.15) is 0 Å². The molecule has 6 heteroatoms. The van der Waals surface area contributed by atoms with Crippen LogP contribution in [0.3, 0.4) is 0 Å². The molecule has 0 radical (unpaired) electrons. The fraction of sp³-hybridized carbons (Fsp3) is 1.00. The van der Waals surface area contributed by atoms with Gasteiger partial charge in [0.25, 0.3) is 0 Å². The molecular formula is C15H36O4Si2. The highest BCUT2D eigenvalue weighted by Gasteiger charge is 2.31. The van der Waals surface area contributed by atoms with Crippen molar-refractivity contribution in [1.29, 1.82) is 0 Å². The smallest absolute Gasteiger partial charge is 0.334 e. The van der Waals surface area contributed by atoms with Crippen molar-refractivity contribution < 1.29 is 17.7 Å². The lowest BCUT2D eigenvalue weighted by Gasteiger charge is -2.27. The van der Waals surface area contributed by atoms with Gasteiger partial charge >= 0.3 is 17.1 Å². The summed E-state index contributed by atoms with van der Waals surface area (Å²) in [5.41, 5.74) is 0. The fourth-order valence-corrected chi connectivity index (χ4v) is 7.63. The predicted molar refractivity (Wildman–Crippen MR) is 93.2 cm³/mol. The monoisotopic (exact) mass is 336 g/mol. The number of hydrogen-bond acceptors (Lipinski definition) is 4. The number of hydrogen-bond donors (Lipinski definition) is 0. The average Bonchev–Trinajstić information content (AvgIpc) is 2.39. The Bertz CT molecular complexity index is 216. The average molecular weight is 337 g/mol. The summed E-state index contributed by atoms with van der Waals surface area (Å²) >= 11 is 0. The predicted octanol–water partition coefficient (Wildman–Crippen LogP) is 4.45. The van der Waals surface area contributed by atoms with Gasteiger partial charge in [-0.05, 0) is 52.9 Å². The Morgan fingerprint density at radius 2 is 0.810 bits per heavy atom. The first kappa shape index (κ1) is 21.3. The lowest BCUT2D eigenvalue weighted by atomic mass is 10.3. The summed E-state index contributed by atoms with van der Waals surface area (Å²) in [6.07, 6.45) is 3.54. The van der Waals surface area contributed by atoms with E-state index in [9.17, 15) is 0 Å². The van der Waals surface area contributed by atoms with Crippen molar-refractivity contribution in [1.82, 2.24) is 0 Å². The lowest BCUT2D eigenvalue weighted by molar-refractivity contribution is 0.186. The molecule has 4 nitrogen and oxygen atoms in total. The van der Waals surface area contributed by atoms with Gasteiger partial charge < -0.3 is 17.7 Å². The number of unbranched alkanes of at least 4 members (excludes halogenated alkanes) is 2. The molecule has 0 fully saturated rings. The SMILES string of the molecule is CCO[Si](C)(CCCCC[Si](C)(OCC)OCC)OCC. The molecule has 0 heterocycles. The van der Waals surface area contributed by atoms with E-state index in [-0.39, 0.29) is 0 Å². The zero-order chi connectivity index (χ0) is 16.2. The Labute approximate surface area is 134 Å². The van der Waals surface area contributed by atoms with Gasteiger partial charge in [0.15, 0.2) is 0 Å². The third-order valence-corrected chi connectivity index (χ3v) is 9.68. The van der Waals surface area contributed by atoms with E-state index in [1.165, 1.54) is 19.3 Å². The van der Waals surface area contributed by atoms with E-state index in [0.29, 0.717) is 0 Å². The molecule has 0 aliphatic heterocycles. The topological polar surface area (TPSA) is 36.9 Å². The molecule has 0 saturated heterocycles. The van der Waals surface area contributed by atoms with Crippen molar-refractivity contribution in [2.75, 3.05) is 26.4 Å². The van der Waals surface area contributed by atoms with E-state index in [1.807, 2.05) is 27.7 Å². The molecule has 0 aromatic rings. The maximum Gasteiger partial charge on any atom is 0.334 e. The third kappa shape index (κ3) is 9.81. The van der Waals surface area contributed by atoms with Crippen LogP contribution >= 0.6 is 0 Å². The quantitative estimate of drug-likeness (QED) is 0.347. The van der Waals surface area contributed by atoms with E-state index >= 15 is 0 Å². The third-order valence-electron chi connectivity index (χ3n) is 3.56. The van der Waals surface area contributed by atoms with Crippen LogP contribution in [0.4, 0.5) is 0 Å². The van der Waals surface area contributed by atoms with Crippen molar-refractivity contribution in [2.24, 2.45) is 0 Å². The van der Waals surface area contributed by atoms with Crippen LogP contribution < -0.4 is 0 Å². The van der Waals surface area contributed by atoms with E-state index in [1.54, 1.807) is 0 Å². The van der Waals surface area contributed by atoms with E-state index in [4.69, 9.17) is 17.7 Å². The highest BCUT2D eigenvalue weighted by Crippen LogP contribution is 2.22. The summed E-state index contributed by atoms with van der Waals surface area (Å²) in [6.45, 7) is 15.6. The maximum absolute atomic E-state index is 5.87. The van der Waals surface area contributed by atoms with Gasteiger partial charge in [0.05, 0.1) is 0 Å². The molecule has 0 saturated carbocycles. The largest absolute Gasteiger partial charge is 0.395 e. The van der Waals surface area contributed by atoms with Gasteiger partial charge in [-0.1, -0.05) is 19.3 Å². The zero-order valence-electron chi connectivity index (χ0n) is 15.0. The molecule has 21 heavy (non-hydrogen) atoms. The van der Waals surface area contributed by atoms with Crippen LogP contribution in [0.1, 0.15) is 47.0 Å². The minimum Gasteiger partial charge on any atom is -0.395 e. The standard InChI is InChI=1S/C15H36O4Si2/c1-7-16-20(5,17-8-2)14-12-11-13-15-21(6,18-9-3)19-10-4/h7-15H2,1-6H3. The summed E-state index contributed by atoms with van der Waals surface area (Å²) in [7, 11) is -3.85. The molecule has 0 aliphatic carbocycles. The van der Waals surface area contributed by atoms with Gasteiger partial charge in [0, 0.05) is 26.4 Å². The first-order chi connectivity index (χ1) is 9.95. The van der Waals surface area contributed by atoms with E-state index in [2.05, 4.69) is 13.1 Å². The molecule has 0 rings (SSSR count). The van der Waals surface area contributed by atoms with Gasteiger partial charge in [-0.25, -0.2) is 0 Å². The first-order valence-corrected chi connectivity index (χ1v) is 13.6. The maximum atomic E-state index is 5.87. The molecule has 0 spiro atoms. The van der Waals surface area contributed by atoms with Crippen LogP contribution in [0.15, 0.2) is 0 Å². The van der Waals surface area contributed by atoms with Crippen LogP contribution in [0, 0.1) is 0 Å². The summed E-state index contributed by atoms with van der Waals surface area (Å²) in [4.78, 5) is 0.